The monoisotopic (exact) mass is 355 g/mol. The Labute approximate surface area is 151 Å². The Morgan fingerprint density at radius 2 is 2.04 bits per heavy atom. The quantitative estimate of drug-likeness (QED) is 0.751. The molecule has 0 bridgehead atoms. The van der Waals surface area contributed by atoms with Crippen molar-refractivity contribution in [3.8, 4) is 11.5 Å². The van der Waals surface area contributed by atoms with Crippen molar-refractivity contribution in [3.63, 3.8) is 0 Å². The lowest BCUT2D eigenvalue weighted by molar-refractivity contribution is 0.220. The number of nitrogens with one attached hydrogen (secondary N) is 1. The van der Waals surface area contributed by atoms with E-state index in [1.54, 1.807) is 18.0 Å². The fourth-order valence-electron chi connectivity index (χ4n) is 2.50. The Hall–Kier alpha value is -3.16. The van der Waals surface area contributed by atoms with Crippen molar-refractivity contribution in [2.75, 3.05) is 12.4 Å². The summed E-state index contributed by atoms with van der Waals surface area (Å²) in [5, 5.41) is 10.7. The van der Waals surface area contributed by atoms with Crippen LogP contribution in [0.4, 0.5) is 10.5 Å². The Morgan fingerprint density at radius 1 is 1.23 bits per heavy atom. The summed E-state index contributed by atoms with van der Waals surface area (Å²) in [5.41, 5.74) is 3.10. The first-order valence-corrected chi connectivity index (χ1v) is 8.34. The van der Waals surface area contributed by atoms with Crippen LogP contribution in [0.5, 0.6) is 0 Å². The van der Waals surface area contributed by atoms with Gasteiger partial charge in [0.1, 0.15) is 5.76 Å². The molecule has 136 valence electrons. The van der Waals surface area contributed by atoms with E-state index in [1.165, 1.54) is 0 Å². The van der Waals surface area contributed by atoms with Gasteiger partial charge in [0, 0.05) is 30.3 Å². The predicted molar refractivity (Wildman–Crippen MR) is 95.6 cm³/mol. The van der Waals surface area contributed by atoms with Crippen LogP contribution >= 0.6 is 0 Å². The molecule has 0 aliphatic carbocycles. The zero-order valence-electron chi connectivity index (χ0n) is 15.2. The van der Waals surface area contributed by atoms with Gasteiger partial charge in [-0.05, 0) is 32.0 Å². The molecule has 2 amide bonds. The minimum Gasteiger partial charge on any atom is -0.361 e. The van der Waals surface area contributed by atoms with Crippen LogP contribution in [0.25, 0.3) is 11.5 Å². The third kappa shape index (κ3) is 3.74. The van der Waals surface area contributed by atoms with E-state index in [0.717, 1.165) is 16.8 Å². The summed E-state index contributed by atoms with van der Waals surface area (Å²) in [6.45, 7) is 6.06. The highest BCUT2D eigenvalue weighted by atomic mass is 16.5. The molecule has 0 spiro atoms. The molecule has 8 nitrogen and oxygen atoms in total. The number of amides is 2. The summed E-state index contributed by atoms with van der Waals surface area (Å²) < 4.78 is 10.4. The average molecular weight is 355 g/mol. The molecule has 1 aromatic carbocycles. The van der Waals surface area contributed by atoms with Crippen LogP contribution < -0.4 is 5.32 Å². The van der Waals surface area contributed by atoms with Gasteiger partial charge in [0.25, 0.3) is 5.89 Å². The van der Waals surface area contributed by atoms with Crippen LogP contribution in [0.3, 0.4) is 0 Å². The van der Waals surface area contributed by atoms with Gasteiger partial charge in [-0.15, -0.1) is 0 Å². The molecule has 0 aliphatic rings. The number of benzene rings is 1. The van der Waals surface area contributed by atoms with Crippen LogP contribution in [0, 0.1) is 13.8 Å². The summed E-state index contributed by atoms with van der Waals surface area (Å²) in [4.78, 5) is 18.3. The molecule has 0 radical (unpaired) electrons. The minimum absolute atomic E-state index is 0.234. The molecule has 0 unspecified atom stereocenters. The molecule has 2 aromatic heterocycles. The molecule has 8 heteroatoms. The lowest BCUT2D eigenvalue weighted by atomic mass is 10.2. The van der Waals surface area contributed by atoms with Crippen LogP contribution in [-0.4, -0.2) is 33.3 Å². The number of hydrogen-bond acceptors (Lipinski definition) is 6. The fraction of sp³-hybridized carbons (Fsp3) is 0.333. The van der Waals surface area contributed by atoms with Crippen LogP contribution in [0.15, 0.2) is 33.3 Å². The number of carbonyl (C=O) groups is 1. The maximum atomic E-state index is 12.5. The summed E-state index contributed by atoms with van der Waals surface area (Å²) >= 11 is 0. The number of carbonyl (C=O) groups excluding carboxylic acids is 1. The lowest BCUT2D eigenvalue weighted by Crippen LogP contribution is -2.31. The lowest BCUT2D eigenvalue weighted by Gasteiger charge is -2.18. The van der Waals surface area contributed by atoms with E-state index in [4.69, 9.17) is 9.05 Å². The predicted octanol–water partition coefficient (Wildman–Crippen LogP) is 3.57. The second-order valence-electron chi connectivity index (χ2n) is 6.04. The Balaban J connectivity index is 1.70. The van der Waals surface area contributed by atoms with Crippen molar-refractivity contribution >= 4 is 11.7 Å². The first-order chi connectivity index (χ1) is 12.5. The van der Waals surface area contributed by atoms with Gasteiger partial charge in [-0.25, -0.2) is 4.79 Å². The molecule has 0 aliphatic heterocycles. The number of aromatic nitrogens is 3. The van der Waals surface area contributed by atoms with E-state index in [-0.39, 0.29) is 6.03 Å². The van der Waals surface area contributed by atoms with E-state index in [9.17, 15) is 4.79 Å². The van der Waals surface area contributed by atoms with Crippen molar-refractivity contribution in [2.45, 2.75) is 33.7 Å². The smallest absolute Gasteiger partial charge is 0.321 e. The molecular weight excluding hydrogens is 334 g/mol. The van der Waals surface area contributed by atoms with Gasteiger partial charge in [0.15, 0.2) is 5.82 Å². The van der Waals surface area contributed by atoms with Crippen LogP contribution in [0.2, 0.25) is 0 Å². The van der Waals surface area contributed by atoms with Crippen LogP contribution in [0.1, 0.15) is 29.8 Å². The van der Waals surface area contributed by atoms with Gasteiger partial charge in [-0.3, -0.25) is 0 Å². The molecule has 0 saturated carbocycles. The number of rotatable bonds is 5. The first kappa shape index (κ1) is 17.7. The summed E-state index contributed by atoms with van der Waals surface area (Å²) in [5.74, 6) is 1.79. The number of aryl methyl sites for hydroxylation is 3. The molecule has 3 aromatic rings. The van der Waals surface area contributed by atoms with Crippen molar-refractivity contribution < 1.29 is 13.8 Å². The topological polar surface area (TPSA) is 97.3 Å². The zero-order valence-corrected chi connectivity index (χ0v) is 15.2. The molecule has 0 saturated heterocycles. The van der Waals surface area contributed by atoms with Crippen molar-refractivity contribution in [1.29, 1.82) is 0 Å². The Bertz CT molecular complexity index is 896. The van der Waals surface area contributed by atoms with E-state index >= 15 is 0 Å². The largest absolute Gasteiger partial charge is 0.361 e. The molecule has 1 N–H and O–H groups in total. The second kappa shape index (κ2) is 7.38. The molecule has 3 rings (SSSR count). The second-order valence-corrected chi connectivity index (χ2v) is 6.04. The molecule has 2 heterocycles. The van der Waals surface area contributed by atoms with E-state index in [0.29, 0.717) is 36.1 Å². The SMILES string of the molecule is CCc1noc(-c2cccc(NC(=O)N(C)Cc3c(C)noc3C)c2)n1. The highest BCUT2D eigenvalue weighted by Gasteiger charge is 2.16. The number of urea groups is 1. The van der Waals surface area contributed by atoms with Crippen LogP contribution in [-0.2, 0) is 13.0 Å². The summed E-state index contributed by atoms with van der Waals surface area (Å²) in [7, 11) is 1.72. The number of anilines is 1. The normalized spacial score (nSPS) is 10.8. The number of nitrogens with zero attached hydrogens (tertiary/aromatic N) is 4. The zero-order chi connectivity index (χ0) is 18.7. The van der Waals surface area contributed by atoms with E-state index in [2.05, 4.69) is 20.6 Å². The van der Waals surface area contributed by atoms with Gasteiger partial charge < -0.3 is 19.3 Å². The third-order valence-corrected chi connectivity index (χ3v) is 4.07. The third-order valence-electron chi connectivity index (χ3n) is 4.07. The van der Waals surface area contributed by atoms with Gasteiger partial charge in [-0.1, -0.05) is 23.3 Å². The fourth-order valence-corrected chi connectivity index (χ4v) is 2.50. The molecule has 26 heavy (non-hydrogen) atoms. The maximum absolute atomic E-state index is 12.5. The maximum Gasteiger partial charge on any atom is 0.321 e. The Kier molecular flexibility index (Phi) is 5.01. The minimum atomic E-state index is -0.234. The van der Waals surface area contributed by atoms with Gasteiger partial charge >= 0.3 is 6.03 Å². The standard InChI is InChI=1S/C18H21N5O3/c1-5-16-20-17(26-22-16)13-7-6-8-14(9-13)19-18(24)23(4)10-15-11(2)21-25-12(15)3/h6-9H,5,10H2,1-4H3,(H,19,24). The van der Waals surface area contributed by atoms with Crippen molar-refractivity contribution in [1.82, 2.24) is 20.2 Å². The van der Waals surface area contributed by atoms with Gasteiger partial charge in [-0.2, -0.15) is 4.98 Å². The van der Waals surface area contributed by atoms with Gasteiger partial charge in [0.05, 0.1) is 12.2 Å². The number of hydrogen-bond donors (Lipinski definition) is 1. The molecule has 0 atom stereocenters. The Morgan fingerprint density at radius 3 is 2.69 bits per heavy atom. The highest BCUT2D eigenvalue weighted by Crippen LogP contribution is 2.22. The highest BCUT2D eigenvalue weighted by molar-refractivity contribution is 5.89. The summed E-state index contributed by atoms with van der Waals surface area (Å²) in [6, 6.07) is 7.06. The molecule has 0 fully saturated rings. The van der Waals surface area contributed by atoms with Crippen molar-refractivity contribution in [2.24, 2.45) is 0 Å². The summed E-state index contributed by atoms with van der Waals surface area (Å²) in [6.07, 6.45) is 0.701. The van der Waals surface area contributed by atoms with E-state index in [1.807, 2.05) is 39.0 Å². The average Bonchev–Trinajstić information content (AvgIpc) is 3.24. The van der Waals surface area contributed by atoms with Crippen molar-refractivity contribution in [3.05, 3.63) is 47.1 Å². The molecular formula is C18H21N5O3. The van der Waals surface area contributed by atoms with Gasteiger partial charge in [0.2, 0.25) is 0 Å². The first-order valence-electron chi connectivity index (χ1n) is 8.34. The van der Waals surface area contributed by atoms with E-state index < -0.39 is 0 Å².